The van der Waals surface area contributed by atoms with Crippen molar-refractivity contribution in [2.75, 3.05) is 24.3 Å². The van der Waals surface area contributed by atoms with Crippen molar-refractivity contribution in [2.45, 2.75) is 6.54 Å². The number of anilines is 2. The molecule has 2 heterocycles. The van der Waals surface area contributed by atoms with Crippen LogP contribution in [0.15, 0.2) is 42.7 Å². The van der Waals surface area contributed by atoms with Crippen LogP contribution in [0.4, 0.5) is 16.3 Å². The Hall–Kier alpha value is -3.16. The second-order valence-corrected chi connectivity index (χ2v) is 5.63. The molecule has 0 amide bonds. The Morgan fingerprint density at radius 3 is 2.60 bits per heavy atom. The van der Waals surface area contributed by atoms with Crippen molar-refractivity contribution in [3.8, 4) is 11.6 Å². The topological polar surface area (TPSA) is 68.1 Å². The van der Waals surface area contributed by atoms with E-state index in [1.54, 1.807) is 30.6 Å². The Kier molecular flexibility index (Phi) is 4.78. The third kappa shape index (κ3) is 4.03. The van der Waals surface area contributed by atoms with Gasteiger partial charge in [0.2, 0.25) is 17.8 Å². The molecule has 3 rings (SSSR count). The van der Waals surface area contributed by atoms with Crippen molar-refractivity contribution in [1.82, 2.24) is 19.5 Å². The van der Waals surface area contributed by atoms with Crippen LogP contribution in [0.2, 0.25) is 0 Å². The summed E-state index contributed by atoms with van der Waals surface area (Å²) >= 11 is 0. The van der Waals surface area contributed by atoms with Crippen LogP contribution in [-0.2, 0) is 13.6 Å². The Labute approximate surface area is 145 Å². The molecule has 1 aromatic carbocycles. The number of hydrogen-bond acceptors (Lipinski definition) is 6. The number of aromatic nitrogens is 4. The van der Waals surface area contributed by atoms with Crippen molar-refractivity contribution < 1.29 is 9.13 Å². The molecular weight excluding hydrogens is 323 g/mol. The largest absolute Gasteiger partial charge is 0.439 e. The fourth-order valence-corrected chi connectivity index (χ4v) is 2.29. The number of nitrogens with one attached hydrogen (secondary N) is 1. The summed E-state index contributed by atoms with van der Waals surface area (Å²) in [4.78, 5) is 14.8. The first-order valence-corrected chi connectivity index (χ1v) is 7.71. The van der Waals surface area contributed by atoms with E-state index in [0.717, 1.165) is 11.6 Å². The molecule has 1 N–H and O–H groups in total. The molecule has 2 aromatic heterocycles. The van der Waals surface area contributed by atoms with Crippen molar-refractivity contribution in [3.63, 3.8) is 0 Å². The van der Waals surface area contributed by atoms with E-state index in [4.69, 9.17) is 4.74 Å². The zero-order chi connectivity index (χ0) is 17.8. The lowest BCUT2D eigenvalue weighted by Crippen LogP contribution is -2.15. The van der Waals surface area contributed by atoms with Gasteiger partial charge in [0.1, 0.15) is 11.6 Å². The van der Waals surface area contributed by atoms with Gasteiger partial charge in [0, 0.05) is 33.4 Å². The zero-order valence-electron chi connectivity index (χ0n) is 14.3. The molecule has 0 aliphatic carbocycles. The molecular formula is C17H19FN6O. The SMILES string of the molecule is CN(C)c1ncc(CNc2nccc(Oc3ccc(F)cc3)n2)n1C. The summed E-state index contributed by atoms with van der Waals surface area (Å²) in [7, 11) is 5.84. The van der Waals surface area contributed by atoms with Gasteiger partial charge in [-0.15, -0.1) is 0 Å². The first kappa shape index (κ1) is 16.7. The van der Waals surface area contributed by atoms with Crippen molar-refractivity contribution in [1.29, 1.82) is 0 Å². The van der Waals surface area contributed by atoms with Crippen LogP contribution in [-0.4, -0.2) is 33.6 Å². The minimum absolute atomic E-state index is 0.314. The van der Waals surface area contributed by atoms with Crippen LogP contribution < -0.4 is 15.0 Å². The van der Waals surface area contributed by atoms with Gasteiger partial charge in [-0.05, 0) is 24.3 Å². The maximum Gasteiger partial charge on any atom is 0.226 e. The molecule has 0 radical (unpaired) electrons. The average molecular weight is 342 g/mol. The van der Waals surface area contributed by atoms with Crippen LogP contribution in [0.5, 0.6) is 11.6 Å². The maximum absolute atomic E-state index is 12.9. The van der Waals surface area contributed by atoms with Gasteiger partial charge in [-0.25, -0.2) is 14.4 Å². The molecule has 7 nitrogen and oxygen atoms in total. The average Bonchev–Trinajstić information content (AvgIpc) is 2.96. The van der Waals surface area contributed by atoms with Crippen molar-refractivity contribution in [2.24, 2.45) is 7.05 Å². The number of ether oxygens (including phenoxy) is 1. The van der Waals surface area contributed by atoms with E-state index in [-0.39, 0.29) is 5.82 Å². The highest BCUT2D eigenvalue weighted by Crippen LogP contribution is 2.20. The maximum atomic E-state index is 12.9. The number of benzene rings is 1. The van der Waals surface area contributed by atoms with Crippen LogP contribution >= 0.6 is 0 Å². The Morgan fingerprint density at radius 2 is 1.92 bits per heavy atom. The number of nitrogens with zero attached hydrogens (tertiary/aromatic N) is 5. The third-order valence-electron chi connectivity index (χ3n) is 3.55. The third-order valence-corrected chi connectivity index (χ3v) is 3.55. The van der Waals surface area contributed by atoms with Gasteiger partial charge in [-0.2, -0.15) is 4.98 Å². The molecule has 0 saturated carbocycles. The first-order valence-electron chi connectivity index (χ1n) is 7.71. The van der Waals surface area contributed by atoms with Gasteiger partial charge < -0.3 is 19.5 Å². The fourth-order valence-electron chi connectivity index (χ4n) is 2.29. The van der Waals surface area contributed by atoms with E-state index in [0.29, 0.717) is 24.1 Å². The predicted octanol–water partition coefficient (Wildman–Crippen LogP) is 2.82. The van der Waals surface area contributed by atoms with Gasteiger partial charge in [-0.3, -0.25) is 0 Å². The van der Waals surface area contributed by atoms with Gasteiger partial charge in [0.15, 0.2) is 0 Å². The summed E-state index contributed by atoms with van der Waals surface area (Å²) in [6, 6.07) is 7.40. The van der Waals surface area contributed by atoms with Gasteiger partial charge in [0.05, 0.1) is 18.4 Å². The Bertz CT molecular complexity index is 847. The molecule has 0 saturated heterocycles. The molecule has 0 atom stereocenters. The monoisotopic (exact) mass is 342 g/mol. The van der Waals surface area contributed by atoms with Crippen LogP contribution in [0, 0.1) is 5.82 Å². The number of halogens is 1. The normalized spacial score (nSPS) is 10.6. The fraction of sp³-hybridized carbons (Fsp3) is 0.235. The molecule has 0 aliphatic heterocycles. The summed E-state index contributed by atoms with van der Waals surface area (Å²) < 4.78 is 20.5. The highest BCUT2D eigenvalue weighted by molar-refractivity contribution is 5.34. The quantitative estimate of drug-likeness (QED) is 0.743. The summed E-state index contributed by atoms with van der Waals surface area (Å²) in [5, 5.41) is 3.15. The second kappa shape index (κ2) is 7.16. The Balaban J connectivity index is 1.66. The number of rotatable bonds is 6. The highest BCUT2D eigenvalue weighted by Gasteiger charge is 2.09. The van der Waals surface area contributed by atoms with Gasteiger partial charge >= 0.3 is 0 Å². The van der Waals surface area contributed by atoms with Crippen molar-refractivity contribution in [3.05, 3.63) is 54.2 Å². The van der Waals surface area contributed by atoms with E-state index in [1.165, 1.54) is 12.1 Å². The molecule has 8 heteroatoms. The highest BCUT2D eigenvalue weighted by atomic mass is 19.1. The lowest BCUT2D eigenvalue weighted by molar-refractivity contribution is 0.460. The molecule has 25 heavy (non-hydrogen) atoms. The van der Waals surface area contributed by atoms with Crippen LogP contribution in [0.25, 0.3) is 0 Å². The summed E-state index contributed by atoms with van der Waals surface area (Å²) in [5.74, 6) is 1.88. The molecule has 0 spiro atoms. The summed E-state index contributed by atoms with van der Waals surface area (Å²) in [6.07, 6.45) is 3.41. The molecule has 0 fully saturated rings. The molecule has 0 bridgehead atoms. The van der Waals surface area contributed by atoms with Crippen molar-refractivity contribution >= 4 is 11.9 Å². The summed E-state index contributed by atoms with van der Waals surface area (Å²) in [6.45, 7) is 0.525. The lowest BCUT2D eigenvalue weighted by Gasteiger charge is -2.13. The number of imidazole rings is 1. The van der Waals surface area contributed by atoms with Gasteiger partial charge in [0.25, 0.3) is 0 Å². The molecule has 130 valence electrons. The van der Waals surface area contributed by atoms with Crippen LogP contribution in [0.3, 0.4) is 0 Å². The molecule has 0 aliphatic rings. The van der Waals surface area contributed by atoms with E-state index >= 15 is 0 Å². The van der Waals surface area contributed by atoms with Gasteiger partial charge in [-0.1, -0.05) is 0 Å². The minimum Gasteiger partial charge on any atom is -0.439 e. The van der Waals surface area contributed by atoms with E-state index < -0.39 is 0 Å². The standard InChI is InChI=1S/C17H19FN6O/c1-23(2)17-21-11-13(24(17)3)10-20-16-19-9-8-15(22-16)25-14-6-4-12(18)5-7-14/h4-9,11H,10H2,1-3H3,(H,19,20,22). The molecule has 0 unspecified atom stereocenters. The van der Waals surface area contributed by atoms with E-state index in [2.05, 4.69) is 20.3 Å². The lowest BCUT2D eigenvalue weighted by atomic mass is 10.3. The number of hydrogen-bond donors (Lipinski definition) is 1. The Morgan fingerprint density at radius 1 is 1.16 bits per heavy atom. The van der Waals surface area contributed by atoms with E-state index in [1.807, 2.05) is 30.6 Å². The molecule has 3 aromatic rings. The zero-order valence-corrected chi connectivity index (χ0v) is 14.3. The predicted molar refractivity (Wildman–Crippen MR) is 93.4 cm³/mol. The first-order chi connectivity index (χ1) is 12.0. The van der Waals surface area contributed by atoms with E-state index in [9.17, 15) is 4.39 Å². The summed E-state index contributed by atoms with van der Waals surface area (Å²) in [5.41, 5.74) is 0.997. The van der Waals surface area contributed by atoms with Crippen LogP contribution in [0.1, 0.15) is 5.69 Å². The second-order valence-electron chi connectivity index (χ2n) is 5.63. The smallest absolute Gasteiger partial charge is 0.226 e. The minimum atomic E-state index is -0.314.